The van der Waals surface area contributed by atoms with E-state index in [0.29, 0.717) is 0 Å². The molecule has 0 spiro atoms. The summed E-state index contributed by atoms with van der Waals surface area (Å²) in [6.07, 6.45) is 3.50. The van der Waals surface area contributed by atoms with Gasteiger partial charge in [-0.2, -0.15) is 5.10 Å². The van der Waals surface area contributed by atoms with Crippen LogP contribution < -0.4 is 5.73 Å². The van der Waals surface area contributed by atoms with Gasteiger partial charge in [0.05, 0.1) is 17.3 Å². The van der Waals surface area contributed by atoms with Crippen molar-refractivity contribution in [3.8, 4) is 0 Å². The zero-order chi connectivity index (χ0) is 11.7. The molecule has 2 N–H and O–H groups in total. The fourth-order valence-corrected chi connectivity index (χ4v) is 1.69. The Hall–Kier alpha value is -1.39. The molecular formula is C11H11ClFN3. The molecule has 16 heavy (non-hydrogen) atoms. The van der Waals surface area contributed by atoms with E-state index < -0.39 is 5.82 Å². The summed E-state index contributed by atoms with van der Waals surface area (Å²) in [5.74, 6) is -0.441. The highest BCUT2D eigenvalue weighted by atomic mass is 35.5. The van der Waals surface area contributed by atoms with Crippen LogP contribution in [0.25, 0.3) is 0 Å². The van der Waals surface area contributed by atoms with Crippen molar-refractivity contribution in [1.29, 1.82) is 0 Å². The van der Waals surface area contributed by atoms with Gasteiger partial charge in [-0.25, -0.2) is 4.39 Å². The second-order valence-electron chi connectivity index (χ2n) is 3.60. The Balaban J connectivity index is 2.33. The highest BCUT2D eigenvalue weighted by molar-refractivity contribution is 6.30. The molecule has 1 atom stereocenters. The number of hydrogen-bond acceptors (Lipinski definition) is 2. The molecule has 0 amide bonds. The van der Waals surface area contributed by atoms with Crippen LogP contribution in [0.3, 0.4) is 0 Å². The Morgan fingerprint density at radius 2 is 2.19 bits per heavy atom. The third kappa shape index (κ3) is 2.08. The largest absolute Gasteiger partial charge is 0.320 e. The molecule has 84 valence electrons. The van der Waals surface area contributed by atoms with Gasteiger partial charge in [-0.05, 0) is 17.7 Å². The van der Waals surface area contributed by atoms with Crippen LogP contribution in [0.4, 0.5) is 4.39 Å². The van der Waals surface area contributed by atoms with Gasteiger partial charge in [0.25, 0.3) is 0 Å². The van der Waals surface area contributed by atoms with Crippen LogP contribution in [-0.4, -0.2) is 9.78 Å². The van der Waals surface area contributed by atoms with Crippen LogP contribution in [-0.2, 0) is 7.05 Å². The number of benzene rings is 1. The first-order valence-corrected chi connectivity index (χ1v) is 5.15. The van der Waals surface area contributed by atoms with Gasteiger partial charge in [-0.1, -0.05) is 17.7 Å². The minimum atomic E-state index is -0.441. The van der Waals surface area contributed by atoms with Crippen LogP contribution >= 0.6 is 11.6 Å². The second kappa shape index (κ2) is 4.23. The summed E-state index contributed by atoms with van der Waals surface area (Å²) in [5, 5.41) is 4.11. The van der Waals surface area contributed by atoms with E-state index in [0.717, 1.165) is 11.1 Å². The van der Waals surface area contributed by atoms with Crippen molar-refractivity contribution in [1.82, 2.24) is 9.78 Å². The molecule has 1 heterocycles. The molecule has 2 aromatic rings. The maximum absolute atomic E-state index is 13.0. The van der Waals surface area contributed by atoms with Gasteiger partial charge in [0, 0.05) is 18.8 Å². The first kappa shape index (κ1) is 11.1. The molecule has 0 unspecified atom stereocenters. The normalized spacial score (nSPS) is 12.8. The van der Waals surface area contributed by atoms with E-state index in [9.17, 15) is 4.39 Å². The average Bonchev–Trinajstić information content (AvgIpc) is 2.68. The standard InChI is InChI=1S/C11H11ClFN3/c1-16-6-8(5-15-16)11(14)7-2-3-10(13)9(12)4-7/h2-6,11H,14H2,1H3/t11-/m1/s1. The molecule has 0 saturated carbocycles. The third-order valence-corrected chi connectivity index (χ3v) is 2.68. The van der Waals surface area contributed by atoms with Crippen LogP contribution in [0, 0.1) is 5.82 Å². The van der Waals surface area contributed by atoms with Gasteiger partial charge < -0.3 is 5.73 Å². The zero-order valence-corrected chi connectivity index (χ0v) is 9.45. The van der Waals surface area contributed by atoms with Gasteiger partial charge in [-0.3, -0.25) is 4.68 Å². The topological polar surface area (TPSA) is 43.8 Å². The van der Waals surface area contributed by atoms with Crippen molar-refractivity contribution in [3.05, 3.63) is 52.6 Å². The molecule has 0 radical (unpaired) electrons. The fourth-order valence-electron chi connectivity index (χ4n) is 1.50. The van der Waals surface area contributed by atoms with E-state index in [1.807, 2.05) is 13.2 Å². The monoisotopic (exact) mass is 239 g/mol. The number of nitrogens with zero attached hydrogens (tertiary/aromatic N) is 2. The maximum atomic E-state index is 13.0. The quantitative estimate of drug-likeness (QED) is 0.874. The predicted molar refractivity (Wildman–Crippen MR) is 60.6 cm³/mol. The van der Waals surface area contributed by atoms with Gasteiger partial charge in [-0.15, -0.1) is 0 Å². The zero-order valence-electron chi connectivity index (χ0n) is 8.69. The molecule has 2 rings (SSSR count). The van der Waals surface area contributed by atoms with Gasteiger partial charge in [0.15, 0.2) is 0 Å². The Morgan fingerprint density at radius 1 is 1.44 bits per heavy atom. The van der Waals surface area contributed by atoms with Crippen LogP contribution in [0.1, 0.15) is 17.2 Å². The molecule has 1 aromatic carbocycles. The van der Waals surface area contributed by atoms with E-state index in [4.69, 9.17) is 17.3 Å². The molecular weight excluding hydrogens is 229 g/mol. The first-order chi connectivity index (χ1) is 7.58. The minimum absolute atomic E-state index is 0.0804. The number of aromatic nitrogens is 2. The van der Waals surface area contributed by atoms with E-state index in [2.05, 4.69) is 5.10 Å². The van der Waals surface area contributed by atoms with E-state index in [-0.39, 0.29) is 11.1 Å². The SMILES string of the molecule is Cn1cc([C@H](N)c2ccc(F)c(Cl)c2)cn1. The Bertz CT molecular complexity index is 510. The Kier molecular flexibility index (Phi) is 2.94. The van der Waals surface area contributed by atoms with Gasteiger partial charge in [0.1, 0.15) is 5.82 Å². The lowest BCUT2D eigenvalue weighted by atomic mass is 10.0. The lowest BCUT2D eigenvalue weighted by Gasteiger charge is -2.10. The summed E-state index contributed by atoms with van der Waals surface area (Å²) in [6, 6.07) is 4.13. The van der Waals surface area contributed by atoms with Crippen LogP contribution in [0.2, 0.25) is 5.02 Å². The molecule has 3 nitrogen and oxygen atoms in total. The van der Waals surface area contributed by atoms with Crippen molar-refractivity contribution < 1.29 is 4.39 Å². The van der Waals surface area contributed by atoms with Crippen molar-refractivity contribution in [2.45, 2.75) is 6.04 Å². The van der Waals surface area contributed by atoms with Gasteiger partial charge in [0.2, 0.25) is 0 Å². The summed E-state index contributed by atoms with van der Waals surface area (Å²) in [7, 11) is 1.81. The smallest absolute Gasteiger partial charge is 0.141 e. The predicted octanol–water partition coefficient (Wildman–Crippen LogP) is 2.26. The van der Waals surface area contributed by atoms with Crippen molar-refractivity contribution in [3.63, 3.8) is 0 Å². The van der Waals surface area contributed by atoms with E-state index in [1.165, 1.54) is 12.1 Å². The number of aryl methyl sites for hydroxylation is 1. The molecule has 0 aliphatic rings. The maximum Gasteiger partial charge on any atom is 0.141 e. The first-order valence-electron chi connectivity index (χ1n) is 4.77. The van der Waals surface area contributed by atoms with E-state index >= 15 is 0 Å². The second-order valence-corrected chi connectivity index (χ2v) is 4.01. The van der Waals surface area contributed by atoms with Crippen LogP contribution in [0.5, 0.6) is 0 Å². The lowest BCUT2D eigenvalue weighted by molar-refractivity contribution is 0.627. The third-order valence-electron chi connectivity index (χ3n) is 2.39. The molecule has 0 fully saturated rings. The van der Waals surface area contributed by atoms with Crippen molar-refractivity contribution in [2.75, 3.05) is 0 Å². The fraction of sp³-hybridized carbons (Fsp3) is 0.182. The highest BCUT2D eigenvalue weighted by Crippen LogP contribution is 2.23. The lowest BCUT2D eigenvalue weighted by Crippen LogP contribution is -2.11. The molecule has 0 bridgehead atoms. The molecule has 0 aliphatic heterocycles. The minimum Gasteiger partial charge on any atom is -0.320 e. The number of hydrogen-bond donors (Lipinski definition) is 1. The molecule has 5 heteroatoms. The van der Waals surface area contributed by atoms with Crippen molar-refractivity contribution >= 4 is 11.6 Å². The summed E-state index contributed by atoms with van der Waals surface area (Å²) in [4.78, 5) is 0. The Morgan fingerprint density at radius 3 is 2.75 bits per heavy atom. The van der Waals surface area contributed by atoms with Crippen LogP contribution in [0.15, 0.2) is 30.6 Å². The van der Waals surface area contributed by atoms with Crippen molar-refractivity contribution in [2.24, 2.45) is 12.8 Å². The Labute approximate surface area is 97.6 Å². The summed E-state index contributed by atoms with van der Waals surface area (Å²) >= 11 is 5.70. The number of rotatable bonds is 2. The summed E-state index contributed by atoms with van der Waals surface area (Å²) in [5.41, 5.74) is 7.64. The number of nitrogens with two attached hydrogens (primary N) is 1. The highest BCUT2D eigenvalue weighted by Gasteiger charge is 2.12. The molecule has 1 aromatic heterocycles. The average molecular weight is 240 g/mol. The molecule has 0 aliphatic carbocycles. The van der Waals surface area contributed by atoms with Gasteiger partial charge >= 0.3 is 0 Å². The molecule has 0 saturated heterocycles. The number of halogens is 2. The summed E-state index contributed by atoms with van der Waals surface area (Å²) < 4.78 is 14.6. The van der Waals surface area contributed by atoms with E-state index in [1.54, 1.807) is 16.9 Å². The summed E-state index contributed by atoms with van der Waals surface area (Å²) in [6.45, 7) is 0.